The Hall–Kier alpha value is -3.25. The molecule has 2 aromatic carbocycles. The normalized spacial score (nSPS) is 11.3. The molecule has 0 saturated heterocycles. The quantitative estimate of drug-likeness (QED) is 0.494. The van der Waals surface area contributed by atoms with Crippen molar-refractivity contribution in [3.63, 3.8) is 0 Å². The number of hydrogen-bond acceptors (Lipinski definition) is 4. The molecule has 134 valence electrons. The van der Waals surface area contributed by atoms with Crippen LogP contribution in [0.1, 0.15) is 16.8 Å². The van der Waals surface area contributed by atoms with Gasteiger partial charge >= 0.3 is 0 Å². The lowest BCUT2D eigenvalue weighted by molar-refractivity contribution is 0.680. The first-order chi connectivity index (χ1) is 13.2. The van der Waals surface area contributed by atoms with Crippen LogP contribution in [-0.2, 0) is 6.54 Å². The van der Waals surface area contributed by atoms with Gasteiger partial charge in [-0.15, -0.1) is 10.2 Å². The van der Waals surface area contributed by atoms with E-state index in [0.717, 1.165) is 22.4 Å². The smallest absolute Gasteiger partial charge is 0.184 e. The van der Waals surface area contributed by atoms with Crippen molar-refractivity contribution in [2.75, 3.05) is 0 Å². The summed E-state index contributed by atoms with van der Waals surface area (Å²) in [6.45, 7) is 2.52. The largest absolute Gasteiger partial charge is 0.249 e. The third kappa shape index (κ3) is 3.66. The van der Waals surface area contributed by atoms with Crippen LogP contribution in [0.4, 0.5) is 0 Å². The van der Waals surface area contributed by atoms with E-state index in [-0.39, 0.29) is 0 Å². The summed E-state index contributed by atoms with van der Waals surface area (Å²) in [6, 6.07) is 19.9. The van der Waals surface area contributed by atoms with Crippen molar-refractivity contribution in [1.82, 2.24) is 24.7 Å². The summed E-state index contributed by atoms with van der Waals surface area (Å²) in [5, 5.41) is 17.7. The summed E-state index contributed by atoms with van der Waals surface area (Å²) in [7, 11) is 0. The molecule has 0 atom stereocenters. The Morgan fingerprint density at radius 1 is 1.04 bits per heavy atom. The maximum atomic E-state index is 6.55. The number of aromatic nitrogens is 5. The van der Waals surface area contributed by atoms with Crippen molar-refractivity contribution in [3.8, 4) is 11.4 Å². The first kappa shape index (κ1) is 17.2. The number of rotatable bonds is 5. The summed E-state index contributed by atoms with van der Waals surface area (Å²) in [6.07, 6.45) is 3.26. The Balaban J connectivity index is 1.62. The second kappa shape index (κ2) is 7.55. The van der Waals surface area contributed by atoms with Crippen LogP contribution in [0, 0.1) is 6.92 Å². The van der Waals surface area contributed by atoms with Crippen LogP contribution < -0.4 is 0 Å². The fourth-order valence-electron chi connectivity index (χ4n) is 2.79. The minimum Gasteiger partial charge on any atom is -0.249 e. The van der Waals surface area contributed by atoms with Gasteiger partial charge in [-0.25, -0.2) is 4.68 Å². The topological polar surface area (TPSA) is 60.9 Å². The summed E-state index contributed by atoms with van der Waals surface area (Å²) in [4.78, 5) is 0. The van der Waals surface area contributed by atoms with Crippen LogP contribution in [-0.4, -0.2) is 30.9 Å². The lowest BCUT2D eigenvalue weighted by Crippen LogP contribution is -2.02. The minimum atomic E-state index is 0.550. The van der Waals surface area contributed by atoms with E-state index in [4.69, 9.17) is 11.6 Å². The number of hydrogen-bond donors (Lipinski definition) is 0. The van der Waals surface area contributed by atoms with Crippen LogP contribution >= 0.6 is 11.6 Å². The standard InChI is InChI=1S/C20H17ClN6/c1-15-18(19(21)26(25-15)13-16-8-4-2-5-9-16)12-23-27-14-22-24-20(27)17-10-6-3-7-11-17/h2-12,14H,13H2,1H3/b23-12-. The van der Waals surface area contributed by atoms with E-state index in [1.807, 2.05) is 67.6 Å². The Labute approximate surface area is 161 Å². The molecule has 6 nitrogen and oxygen atoms in total. The maximum Gasteiger partial charge on any atom is 0.184 e. The molecule has 0 amide bonds. The van der Waals surface area contributed by atoms with E-state index in [1.54, 1.807) is 21.9 Å². The Bertz CT molecular complexity index is 1070. The second-order valence-electron chi connectivity index (χ2n) is 6.04. The lowest BCUT2D eigenvalue weighted by atomic mass is 10.2. The van der Waals surface area contributed by atoms with E-state index < -0.39 is 0 Å². The van der Waals surface area contributed by atoms with E-state index in [0.29, 0.717) is 17.5 Å². The molecule has 0 fully saturated rings. The average molecular weight is 377 g/mol. The van der Waals surface area contributed by atoms with Gasteiger partial charge < -0.3 is 0 Å². The van der Waals surface area contributed by atoms with E-state index in [1.165, 1.54) is 0 Å². The average Bonchev–Trinajstić information content (AvgIpc) is 3.27. The second-order valence-corrected chi connectivity index (χ2v) is 6.40. The molecule has 2 heterocycles. The zero-order valence-corrected chi connectivity index (χ0v) is 15.5. The first-order valence-corrected chi connectivity index (χ1v) is 8.87. The highest BCUT2D eigenvalue weighted by molar-refractivity contribution is 6.32. The monoisotopic (exact) mass is 376 g/mol. The fraction of sp³-hybridized carbons (Fsp3) is 0.100. The Morgan fingerprint density at radius 2 is 1.74 bits per heavy atom. The molecule has 0 aliphatic rings. The SMILES string of the molecule is Cc1nn(Cc2ccccc2)c(Cl)c1/C=N\n1cnnc1-c1ccccc1. The molecular formula is C20H17ClN6. The van der Waals surface area contributed by atoms with Gasteiger partial charge in [0, 0.05) is 5.56 Å². The molecule has 0 unspecified atom stereocenters. The van der Waals surface area contributed by atoms with Gasteiger partial charge in [0.05, 0.1) is 24.0 Å². The van der Waals surface area contributed by atoms with Crippen LogP contribution in [0.2, 0.25) is 5.15 Å². The molecule has 0 aliphatic heterocycles. The zero-order valence-electron chi connectivity index (χ0n) is 14.7. The lowest BCUT2D eigenvalue weighted by Gasteiger charge is -2.03. The molecular weight excluding hydrogens is 360 g/mol. The van der Waals surface area contributed by atoms with Gasteiger partial charge in [-0.05, 0) is 12.5 Å². The van der Waals surface area contributed by atoms with Crippen molar-refractivity contribution >= 4 is 17.8 Å². The van der Waals surface area contributed by atoms with Crippen molar-refractivity contribution in [2.45, 2.75) is 13.5 Å². The van der Waals surface area contributed by atoms with Crippen LogP contribution in [0.5, 0.6) is 0 Å². The predicted molar refractivity (Wildman–Crippen MR) is 106 cm³/mol. The van der Waals surface area contributed by atoms with Crippen LogP contribution in [0.25, 0.3) is 11.4 Å². The Kier molecular flexibility index (Phi) is 4.80. The molecule has 0 saturated carbocycles. The van der Waals surface area contributed by atoms with Gasteiger partial charge in [0.2, 0.25) is 0 Å². The summed E-state index contributed by atoms with van der Waals surface area (Å²) >= 11 is 6.55. The van der Waals surface area contributed by atoms with Gasteiger partial charge in [-0.2, -0.15) is 14.9 Å². The molecule has 0 spiro atoms. The number of benzene rings is 2. The molecule has 0 bridgehead atoms. The summed E-state index contributed by atoms with van der Waals surface area (Å²) in [5.74, 6) is 0.664. The van der Waals surface area contributed by atoms with Gasteiger partial charge in [0.1, 0.15) is 11.5 Å². The molecule has 0 radical (unpaired) electrons. The number of nitrogens with zero attached hydrogens (tertiary/aromatic N) is 6. The van der Waals surface area contributed by atoms with Crippen molar-refractivity contribution in [1.29, 1.82) is 0 Å². The van der Waals surface area contributed by atoms with Crippen LogP contribution in [0.3, 0.4) is 0 Å². The molecule has 2 aromatic heterocycles. The zero-order chi connectivity index (χ0) is 18.6. The maximum absolute atomic E-state index is 6.55. The third-order valence-corrected chi connectivity index (χ3v) is 4.56. The first-order valence-electron chi connectivity index (χ1n) is 8.49. The van der Waals surface area contributed by atoms with Crippen LogP contribution in [0.15, 0.2) is 72.1 Å². The van der Waals surface area contributed by atoms with Gasteiger partial charge in [-0.1, -0.05) is 72.3 Å². The highest BCUT2D eigenvalue weighted by Crippen LogP contribution is 2.20. The minimum absolute atomic E-state index is 0.550. The van der Waals surface area contributed by atoms with Gasteiger partial charge in [0.25, 0.3) is 0 Å². The third-order valence-electron chi connectivity index (χ3n) is 4.16. The molecule has 4 rings (SSSR count). The molecule has 27 heavy (non-hydrogen) atoms. The van der Waals surface area contributed by atoms with Crippen molar-refractivity contribution in [2.24, 2.45) is 5.10 Å². The summed E-state index contributed by atoms with van der Waals surface area (Å²) in [5.41, 5.74) is 3.67. The van der Waals surface area contributed by atoms with E-state index in [9.17, 15) is 0 Å². The highest BCUT2D eigenvalue weighted by atomic mass is 35.5. The fourth-order valence-corrected chi connectivity index (χ4v) is 3.07. The number of aryl methyl sites for hydroxylation is 1. The van der Waals surface area contributed by atoms with Crippen molar-refractivity contribution < 1.29 is 0 Å². The van der Waals surface area contributed by atoms with E-state index in [2.05, 4.69) is 20.4 Å². The molecule has 7 heteroatoms. The summed E-state index contributed by atoms with van der Waals surface area (Å²) < 4.78 is 3.40. The predicted octanol–water partition coefficient (Wildman–Crippen LogP) is 4.03. The molecule has 0 N–H and O–H groups in total. The van der Waals surface area contributed by atoms with E-state index >= 15 is 0 Å². The Morgan fingerprint density at radius 3 is 2.48 bits per heavy atom. The molecule has 4 aromatic rings. The van der Waals surface area contributed by atoms with Gasteiger partial charge in [0.15, 0.2) is 5.82 Å². The molecule has 0 aliphatic carbocycles. The number of halogens is 1. The highest BCUT2D eigenvalue weighted by Gasteiger charge is 2.13. The van der Waals surface area contributed by atoms with Gasteiger partial charge in [-0.3, -0.25) is 0 Å². The van der Waals surface area contributed by atoms with Crippen molar-refractivity contribution in [3.05, 3.63) is 89.0 Å².